The standard InChI is InChI=1S/C54H81N3O9/c1-7-13-19-22-28-61-46-31-40-43(34-49(46)64-37-52(58)55-25-16-10-4)41-32-47(62-29-23-20-14-8-2)51(66-39-54(60)57-27-18-12-6)36-45(41)42-33-48(63-30-24-21-15-9-3)50(35-44(40)42)65-38-53(59)56-26-17-11-5/h31-36H,7-30,37-39H2,1-6H3,(H,55,58)(H,56,59)(H,57,60). The van der Waals surface area contributed by atoms with E-state index in [9.17, 15) is 14.4 Å². The third-order valence-electron chi connectivity index (χ3n) is 11.5. The van der Waals surface area contributed by atoms with Crippen LogP contribution in [0.15, 0.2) is 36.4 Å². The summed E-state index contributed by atoms with van der Waals surface area (Å²) in [5.74, 6) is 2.30. The number of carbonyl (C=O) groups is 3. The third-order valence-corrected chi connectivity index (χ3v) is 11.5. The van der Waals surface area contributed by atoms with Gasteiger partial charge in [-0.2, -0.15) is 0 Å². The topological polar surface area (TPSA) is 143 Å². The maximum atomic E-state index is 13.0. The number of hydrogen-bond acceptors (Lipinski definition) is 9. The Hall–Kier alpha value is -5.13. The van der Waals surface area contributed by atoms with Gasteiger partial charge >= 0.3 is 0 Å². The van der Waals surface area contributed by atoms with Crippen molar-refractivity contribution in [2.45, 2.75) is 157 Å². The molecule has 0 spiro atoms. The second-order valence-electron chi connectivity index (χ2n) is 17.2. The van der Waals surface area contributed by atoms with Gasteiger partial charge in [0, 0.05) is 19.6 Å². The van der Waals surface area contributed by atoms with Crippen LogP contribution in [-0.2, 0) is 14.4 Å². The van der Waals surface area contributed by atoms with Crippen molar-refractivity contribution in [2.24, 2.45) is 0 Å². The van der Waals surface area contributed by atoms with Crippen LogP contribution in [-0.4, -0.2) is 77.0 Å². The Morgan fingerprint density at radius 2 is 0.545 bits per heavy atom. The number of fused-ring (bicyclic) bond motifs is 6. The average molecular weight is 916 g/mol. The lowest BCUT2D eigenvalue weighted by molar-refractivity contribution is -0.123. The number of ether oxygens (including phenoxy) is 6. The van der Waals surface area contributed by atoms with Crippen molar-refractivity contribution < 1.29 is 42.8 Å². The van der Waals surface area contributed by atoms with Crippen LogP contribution in [0.1, 0.15) is 157 Å². The molecule has 0 aromatic heterocycles. The SMILES string of the molecule is CCCCCCOc1cc2c(cc1OCC(=O)NCCCC)c1cc(OCCCCCC)c(OCC(=O)NCCCC)cc1c1cc(OCCCCCC)c(OCC(=O)NCCCC)cc21. The molecule has 0 aliphatic carbocycles. The largest absolute Gasteiger partial charge is 0.490 e. The number of hydrogen-bond donors (Lipinski definition) is 3. The fourth-order valence-corrected chi connectivity index (χ4v) is 7.62. The van der Waals surface area contributed by atoms with E-state index in [2.05, 4.69) is 57.5 Å². The first-order valence-electron chi connectivity index (χ1n) is 25.4. The van der Waals surface area contributed by atoms with Crippen molar-refractivity contribution in [1.82, 2.24) is 16.0 Å². The molecule has 4 rings (SSSR count). The molecule has 3 amide bonds. The van der Waals surface area contributed by atoms with Crippen LogP contribution in [0.4, 0.5) is 0 Å². The Labute approximate surface area is 394 Å². The third kappa shape index (κ3) is 17.6. The van der Waals surface area contributed by atoms with Crippen molar-refractivity contribution in [2.75, 3.05) is 59.3 Å². The van der Waals surface area contributed by atoms with Gasteiger partial charge in [-0.3, -0.25) is 14.4 Å². The first-order chi connectivity index (χ1) is 32.3. The molecule has 0 unspecified atom stereocenters. The lowest BCUT2D eigenvalue weighted by Gasteiger charge is -2.20. The van der Waals surface area contributed by atoms with E-state index in [1.165, 1.54) is 0 Å². The van der Waals surface area contributed by atoms with Crippen molar-refractivity contribution in [3.05, 3.63) is 36.4 Å². The lowest BCUT2D eigenvalue weighted by Crippen LogP contribution is -2.29. The van der Waals surface area contributed by atoms with Crippen LogP contribution in [0.3, 0.4) is 0 Å². The Balaban J connectivity index is 1.99. The molecular weight excluding hydrogens is 835 g/mol. The van der Waals surface area contributed by atoms with Crippen molar-refractivity contribution >= 4 is 50.0 Å². The number of nitrogens with one attached hydrogen (secondary N) is 3. The summed E-state index contributed by atoms with van der Waals surface area (Å²) < 4.78 is 38.6. The molecule has 12 nitrogen and oxygen atoms in total. The molecule has 12 heteroatoms. The molecule has 3 N–H and O–H groups in total. The van der Waals surface area contributed by atoms with Crippen molar-refractivity contribution in [1.29, 1.82) is 0 Å². The number of amides is 3. The smallest absolute Gasteiger partial charge is 0.257 e. The van der Waals surface area contributed by atoms with E-state index in [0.29, 0.717) is 74.0 Å². The van der Waals surface area contributed by atoms with Crippen LogP contribution in [0.25, 0.3) is 32.3 Å². The second kappa shape index (κ2) is 31.0. The molecule has 4 aromatic carbocycles. The Morgan fingerprint density at radius 1 is 0.318 bits per heavy atom. The molecule has 0 saturated carbocycles. The minimum absolute atomic E-state index is 0.172. The summed E-state index contributed by atoms with van der Waals surface area (Å²) in [5.41, 5.74) is 0. The molecule has 4 aromatic rings. The Bertz CT molecular complexity index is 1820. The fourth-order valence-electron chi connectivity index (χ4n) is 7.62. The number of benzene rings is 4. The van der Waals surface area contributed by atoms with E-state index in [4.69, 9.17) is 28.4 Å². The summed E-state index contributed by atoms with van der Waals surface area (Å²) >= 11 is 0. The molecule has 0 saturated heterocycles. The highest BCUT2D eigenvalue weighted by molar-refractivity contribution is 6.27. The molecule has 0 aliphatic rings. The molecule has 0 heterocycles. The minimum atomic E-state index is -0.206. The highest BCUT2D eigenvalue weighted by Gasteiger charge is 2.22. The van der Waals surface area contributed by atoms with Crippen LogP contribution in [0, 0.1) is 0 Å². The lowest BCUT2D eigenvalue weighted by atomic mass is 9.93. The molecular formula is C54H81N3O9. The second-order valence-corrected chi connectivity index (χ2v) is 17.2. The highest BCUT2D eigenvalue weighted by atomic mass is 16.5. The molecule has 0 radical (unpaired) electrons. The summed E-state index contributed by atoms with van der Waals surface area (Å²) in [5, 5.41) is 13.9. The van der Waals surface area contributed by atoms with Crippen LogP contribution in [0.5, 0.6) is 34.5 Å². The van der Waals surface area contributed by atoms with Gasteiger partial charge in [0.15, 0.2) is 54.3 Å². The zero-order valence-corrected chi connectivity index (χ0v) is 41.2. The predicted octanol–water partition coefficient (Wildman–Crippen LogP) is 11.9. The van der Waals surface area contributed by atoms with Gasteiger partial charge in [-0.05, 0) is 107 Å². The summed E-state index contributed by atoms with van der Waals surface area (Å²) in [6, 6.07) is 11.8. The van der Waals surface area contributed by atoms with Gasteiger partial charge in [0.25, 0.3) is 17.7 Å². The summed E-state index contributed by atoms with van der Waals surface area (Å²) in [7, 11) is 0. The van der Waals surface area contributed by atoms with Gasteiger partial charge in [-0.25, -0.2) is 0 Å². The van der Waals surface area contributed by atoms with Crippen LogP contribution in [0.2, 0.25) is 0 Å². The molecule has 366 valence electrons. The summed E-state index contributed by atoms with van der Waals surface area (Å²) in [6.07, 6.45) is 17.9. The maximum Gasteiger partial charge on any atom is 0.257 e. The van der Waals surface area contributed by atoms with E-state index in [1.807, 2.05) is 36.4 Å². The van der Waals surface area contributed by atoms with E-state index in [1.54, 1.807) is 0 Å². The van der Waals surface area contributed by atoms with E-state index in [0.717, 1.165) is 148 Å². The minimum Gasteiger partial charge on any atom is -0.490 e. The molecule has 66 heavy (non-hydrogen) atoms. The van der Waals surface area contributed by atoms with E-state index < -0.39 is 0 Å². The van der Waals surface area contributed by atoms with Crippen LogP contribution < -0.4 is 44.4 Å². The maximum absolute atomic E-state index is 13.0. The molecule has 0 atom stereocenters. The average Bonchev–Trinajstić information content (AvgIpc) is 3.32. The number of rotatable bonds is 36. The van der Waals surface area contributed by atoms with E-state index >= 15 is 0 Å². The van der Waals surface area contributed by atoms with Gasteiger partial charge < -0.3 is 44.4 Å². The zero-order valence-electron chi connectivity index (χ0n) is 41.2. The van der Waals surface area contributed by atoms with Gasteiger partial charge in [-0.15, -0.1) is 0 Å². The first-order valence-corrected chi connectivity index (χ1v) is 25.4. The highest BCUT2D eigenvalue weighted by Crippen LogP contribution is 2.47. The first kappa shape index (κ1) is 53.5. The quantitative estimate of drug-likeness (QED) is 0.0300. The Kier molecular flexibility index (Phi) is 25.1. The van der Waals surface area contributed by atoms with Crippen molar-refractivity contribution in [3.63, 3.8) is 0 Å². The number of unbranched alkanes of at least 4 members (excludes halogenated alkanes) is 12. The van der Waals surface area contributed by atoms with Gasteiger partial charge in [0.2, 0.25) is 0 Å². The summed E-state index contributed by atoms with van der Waals surface area (Å²) in [6.45, 7) is 15.5. The van der Waals surface area contributed by atoms with Gasteiger partial charge in [-0.1, -0.05) is 119 Å². The molecule has 0 aliphatic heterocycles. The van der Waals surface area contributed by atoms with Crippen molar-refractivity contribution in [3.8, 4) is 34.5 Å². The summed E-state index contributed by atoms with van der Waals surface area (Å²) in [4.78, 5) is 39.0. The Morgan fingerprint density at radius 3 is 0.773 bits per heavy atom. The van der Waals surface area contributed by atoms with Gasteiger partial charge in [0.1, 0.15) is 0 Å². The van der Waals surface area contributed by atoms with Gasteiger partial charge in [0.05, 0.1) is 19.8 Å². The molecule has 0 bridgehead atoms. The monoisotopic (exact) mass is 916 g/mol. The zero-order chi connectivity index (χ0) is 47.4. The number of carbonyl (C=O) groups excluding carboxylic acids is 3. The van der Waals surface area contributed by atoms with E-state index in [-0.39, 0.29) is 37.5 Å². The van der Waals surface area contributed by atoms with Crippen LogP contribution >= 0.6 is 0 Å². The fraction of sp³-hybridized carbons (Fsp3) is 0.611. The predicted molar refractivity (Wildman–Crippen MR) is 268 cm³/mol. The normalized spacial score (nSPS) is 11.2. The molecule has 0 fully saturated rings.